The molecule has 1 heterocycles. The van der Waals surface area contributed by atoms with E-state index in [2.05, 4.69) is 4.98 Å². The topological polar surface area (TPSA) is 59.5 Å². The molecular formula is C12H12F2N2O3S2. The Hall–Kier alpha value is -1.74. The van der Waals surface area contributed by atoms with Crippen LogP contribution in [-0.4, -0.2) is 33.5 Å². The molecule has 5 nitrogen and oxygen atoms in total. The van der Waals surface area contributed by atoms with Gasteiger partial charge < -0.3 is 4.74 Å². The van der Waals surface area contributed by atoms with E-state index in [-0.39, 0.29) is 10.0 Å². The lowest BCUT2D eigenvalue weighted by atomic mass is 10.3. The second-order valence-corrected chi connectivity index (χ2v) is 6.65. The molecule has 114 valence electrons. The Kier molecular flexibility index (Phi) is 4.73. The van der Waals surface area contributed by atoms with Gasteiger partial charge in [0.1, 0.15) is 5.75 Å². The van der Waals surface area contributed by atoms with Crippen LogP contribution < -0.4 is 9.04 Å². The Labute approximate surface area is 124 Å². The highest BCUT2D eigenvalue weighted by molar-refractivity contribution is 7.93. The number of rotatable bonds is 6. The molecule has 0 N–H and O–H groups in total. The van der Waals surface area contributed by atoms with E-state index in [1.807, 2.05) is 0 Å². The van der Waals surface area contributed by atoms with E-state index in [0.29, 0.717) is 10.1 Å². The molecule has 0 radical (unpaired) electrons. The van der Waals surface area contributed by atoms with Crippen molar-refractivity contribution in [1.29, 1.82) is 0 Å². The maximum atomic E-state index is 12.7. The third kappa shape index (κ3) is 3.48. The van der Waals surface area contributed by atoms with Crippen LogP contribution in [0.3, 0.4) is 0 Å². The van der Waals surface area contributed by atoms with Crippen LogP contribution in [-0.2, 0) is 10.0 Å². The molecule has 2 rings (SSSR count). The highest BCUT2D eigenvalue weighted by Gasteiger charge is 2.29. The van der Waals surface area contributed by atoms with Crippen LogP contribution in [0.15, 0.2) is 40.7 Å². The fraction of sp³-hybridized carbons (Fsp3) is 0.250. The van der Waals surface area contributed by atoms with Crippen molar-refractivity contribution >= 4 is 26.5 Å². The minimum absolute atomic E-state index is 0.00566. The molecule has 21 heavy (non-hydrogen) atoms. The number of halogens is 2. The predicted octanol–water partition coefficient (Wildman–Crippen LogP) is 2.61. The molecule has 9 heteroatoms. The summed E-state index contributed by atoms with van der Waals surface area (Å²) in [6.45, 7) is -0.943. The number of aromatic nitrogens is 1. The van der Waals surface area contributed by atoms with E-state index in [1.165, 1.54) is 43.0 Å². The maximum absolute atomic E-state index is 12.7. The number of methoxy groups -OCH3 is 1. The first kappa shape index (κ1) is 15.6. The number of anilines is 1. The summed E-state index contributed by atoms with van der Waals surface area (Å²) in [5, 5.41) is 1.53. The van der Waals surface area contributed by atoms with E-state index in [1.54, 1.807) is 0 Å². The fourth-order valence-corrected chi connectivity index (χ4v) is 3.90. The average molecular weight is 334 g/mol. The first-order valence-electron chi connectivity index (χ1n) is 5.79. The number of thiazole rings is 1. The molecule has 0 aliphatic carbocycles. The molecule has 2 aromatic rings. The number of benzene rings is 1. The van der Waals surface area contributed by atoms with Crippen LogP contribution in [0.4, 0.5) is 13.9 Å². The molecule has 1 aromatic heterocycles. The van der Waals surface area contributed by atoms with Crippen molar-refractivity contribution in [3.05, 3.63) is 35.8 Å². The van der Waals surface area contributed by atoms with Crippen molar-refractivity contribution in [1.82, 2.24) is 4.98 Å². The van der Waals surface area contributed by atoms with Crippen molar-refractivity contribution in [2.75, 3.05) is 18.0 Å². The Morgan fingerprint density at radius 1 is 1.33 bits per heavy atom. The van der Waals surface area contributed by atoms with Crippen LogP contribution in [0.2, 0.25) is 0 Å². The maximum Gasteiger partial charge on any atom is 0.266 e. The van der Waals surface area contributed by atoms with Crippen LogP contribution >= 0.6 is 11.3 Å². The van der Waals surface area contributed by atoms with Gasteiger partial charge in [-0.3, -0.25) is 0 Å². The monoisotopic (exact) mass is 334 g/mol. The van der Waals surface area contributed by atoms with E-state index in [4.69, 9.17) is 4.74 Å². The van der Waals surface area contributed by atoms with Crippen LogP contribution in [0.1, 0.15) is 0 Å². The summed E-state index contributed by atoms with van der Waals surface area (Å²) in [5.41, 5.74) is 0. The van der Waals surface area contributed by atoms with Crippen LogP contribution in [0, 0.1) is 0 Å². The first-order valence-corrected chi connectivity index (χ1v) is 8.11. The van der Waals surface area contributed by atoms with Crippen LogP contribution in [0.5, 0.6) is 5.75 Å². The zero-order valence-corrected chi connectivity index (χ0v) is 12.6. The summed E-state index contributed by atoms with van der Waals surface area (Å²) in [4.78, 5) is 3.70. The van der Waals surface area contributed by atoms with E-state index >= 15 is 0 Å². The van der Waals surface area contributed by atoms with Crippen molar-refractivity contribution in [2.45, 2.75) is 11.3 Å². The van der Waals surface area contributed by atoms with Gasteiger partial charge in [0, 0.05) is 11.6 Å². The van der Waals surface area contributed by atoms with Crippen molar-refractivity contribution in [3.63, 3.8) is 0 Å². The van der Waals surface area contributed by atoms with Gasteiger partial charge in [-0.15, -0.1) is 11.3 Å². The van der Waals surface area contributed by atoms with Gasteiger partial charge in [-0.2, -0.15) is 0 Å². The lowest BCUT2D eigenvalue weighted by molar-refractivity contribution is 0.159. The molecule has 0 spiro atoms. The normalized spacial score (nSPS) is 11.6. The lowest BCUT2D eigenvalue weighted by Gasteiger charge is -2.21. The summed E-state index contributed by atoms with van der Waals surface area (Å²) in [7, 11) is -2.65. The Bertz CT molecular complexity index is 673. The average Bonchev–Trinajstić information content (AvgIpc) is 2.98. The molecule has 0 atom stereocenters. The molecule has 0 aliphatic heterocycles. The molecule has 1 aromatic carbocycles. The molecule has 0 saturated carbocycles. The molecule has 0 bridgehead atoms. The van der Waals surface area contributed by atoms with Gasteiger partial charge in [-0.25, -0.2) is 26.5 Å². The summed E-state index contributed by atoms with van der Waals surface area (Å²) < 4.78 is 55.9. The van der Waals surface area contributed by atoms with Crippen molar-refractivity contribution in [2.24, 2.45) is 0 Å². The summed E-state index contributed by atoms with van der Waals surface area (Å²) in [6.07, 6.45) is -1.44. The largest absolute Gasteiger partial charge is 0.497 e. The molecule has 0 aliphatic rings. The smallest absolute Gasteiger partial charge is 0.266 e. The quantitative estimate of drug-likeness (QED) is 0.815. The SMILES string of the molecule is COc1ccc(S(=O)(=O)N(CC(F)F)c2nccs2)cc1. The van der Waals surface area contributed by atoms with Gasteiger partial charge in [0.25, 0.3) is 16.4 Å². The summed E-state index contributed by atoms with van der Waals surface area (Å²) in [5.74, 6) is 0.476. The molecule has 0 amide bonds. The second-order valence-electron chi connectivity index (χ2n) is 3.92. The molecule has 0 fully saturated rings. The van der Waals surface area contributed by atoms with Crippen LogP contribution in [0.25, 0.3) is 0 Å². The fourth-order valence-electron chi connectivity index (χ4n) is 1.62. The molecule has 0 saturated heterocycles. The number of hydrogen-bond donors (Lipinski definition) is 0. The predicted molar refractivity (Wildman–Crippen MR) is 75.6 cm³/mol. The van der Waals surface area contributed by atoms with E-state index in [0.717, 1.165) is 11.3 Å². The van der Waals surface area contributed by atoms with Gasteiger partial charge in [0.2, 0.25) is 0 Å². The number of sulfonamides is 1. The number of alkyl halides is 2. The van der Waals surface area contributed by atoms with Gasteiger partial charge in [-0.05, 0) is 24.3 Å². The highest BCUT2D eigenvalue weighted by Crippen LogP contribution is 2.27. The zero-order chi connectivity index (χ0) is 15.5. The van der Waals surface area contributed by atoms with Crippen molar-refractivity contribution in [3.8, 4) is 5.75 Å². The third-order valence-corrected chi connectivity index (χ3v) is 5.26. The number of nitrogens with zero attached hydrogens (tertiary/aromatic N) is 2. The van der Waals surface area contributed by atoms with Gasteiger partial charge >= 0.3 is 0 Å². The van der Waals surface area contributed by atoms with Crippen molar-refractivity contribution < 1.29 is 21.9 Å². The Balaban J connectivity index is 2.41. The summed E-state index contributed by atoms with van der Waals surface area (Å²) in [6, 6.07) is 5.52. The number of ether oxygens (including phenoxy) is 1. The minimum Gasteiger partial charge on any atom is -0.497 e. The van der Waals surface area contributed by atoms with E-state index in [9.17, 15) is 17.2 Å². The summed E-state index contributed by atoms with van der Waals surface area (Å²) >= 11 is 0.980. The van der Waals surface area contributed by atoms with Gasteiger partial charge in [-0.1, -0.05) is 0 Å². The highest BCUT2D eigenvalue weighted by atomic mass is 32.2. The van der Waals surface area contributed by atoms with Gasteiger partial charge in [0.15, 0.2) is 5.13 Å². The second kappa shape index (κ2) is 6.35. The Morgan fingerprint density at radius 3 is 2.48 bits per heavy atom. The molecular weight excluding hydrogens is 322 g/mol. The van der Waals surface area contributed by atoms with E-state index < -0.39 is 23.0 Å². The third-order valence-electron chi connectivity index (χ3n) is 2.58. The minimum atomic E-state index is -4.10. The number of hydrogen-bond acceptors (Lipinski definition) is 5. The Morgan fingerprint density at radius 2 is 2.00 bits per heavy atom. The first-order chi connectivity index (χ1) is 9.95. The zero-order valence-electron chi connectivity index (χ0n) is 10.9. The van der Waals surface area contributed by atoms with Gasteiger partial charge in [0.05, 0.1) is 18.6 Å². The molecule has 0 unspecified atom stereocenters. The lowest BCUT2D eigenvalue weighted by Crippen LogP contribution is -2.35. The standard InChI is InChI=1S/C12H12F2N2O3S2/c1-19-9-2-4-10(5-3-9)21(17,18)16(8-11(13)14)12-15-6-7-20-12/h2-7,11H,8H2,1H3.